The van der Waals surface area contributed by atoms with Crippen LogP contribution in [0.1, 0.15) is 24.5 Å². The zero-order chi connectivity index (χ0) is 15.9. The molecule has 0 amide bonds. The van der Waals surface area contributed by atoms with Crippen molar-refractivity contribution in [1.82, 2.24) is 5.32 Å². The van der Waals surface area contributed by atoms with E-state index in [1.54, 1.807) is 31.4 Å². The van der Waals surface area contributed by atoms with Crippen LogP contribution in [0.15, 0.2) is 42.5 Å². The molecule has 0 aliphatic heterocycles. The minimum atomic E-state index is 0.165. The Morgan fingerprint density at radius 2 is 1.73 bits per heavy atom. The molecule has 118 valence electrons. The molecule has 0 heterocycles. The van der Waals surface area contributed by atoms with E-state index in [1.807, 2.05) is 18.2 Å². The number of aryl methyl sites for hydroxylation is 1. The van der Waals surface area contributed by atoms with E-state index >= 15 is 0 Å². The lowest BCUT2D eigenvalue weighted by Gasteiger charge is -2.14. The van der Waals surface area contributed by atoms with Gasteiger partial charge in [0.1, 0.15) is 5.75 Å². The van der Waals surface area contributed by atoms with Crippen LogP contribution in [0.4, 0.5) is 0 Å². The summed E-state index contributed by atoms with van der Waals surface area (Å²) in [5.74, 6) is 0.955. The second-order valence-corrected chi connectivity index (χ2v) is 5.49. The molecule has 22 heavy (non-hydrogen) atoms. The van der Waals surface area contributed by atoms with Gasteiger partial charge < -0.3 is 20.3 Å². The number of hydrogen-bond donors (Lipinski definition) is 3. The highest BCUT2D eigenvalue weighted by Gasteiger charge is 2.05. The molecule has 0 spiro atoms. The van der Waals surface area contributed by atoms with Crippen LogP contribution in [-0.4, -0.2) is 23.4 Å². The molecule has 2 aromatic carbocycles. The lowest BCUT2D eigenvalue weighted by atomic mass is 10.1. The highest BCUT2D eigenvalue weighted by Crippen LogP contribution is 2.26. The van der Waals surface area contributed by atoms with Gasteiger partial charge in [-0.3, -0.25) is 0 Å². The maximum absolute atomic E-state index is 9.76. The van der Waals surface area contributed by atoms with Crippen LogP contribution in [0.2, 0.25) is 0 Å². The predicted octanol–water partition coefficient (Wildman–Crippen LogP) is 3.22. The summed E-state index contributed by atoms with van der Waals surface area (Å²) in [6, 6.07) is 13.1. The minimum Gasteiger partial charge on any atom is -0.508 e. The van der Waals surface area contributed by atoms with E-state index in [0.717, 1.165) is 18.4 Å². The maximum atomic E-state index is 9.76. The number of hydrogen-bond acceptors (Lipinski definition) is 4. The van der Waals surface area contributed by atoms with Gasteiger partial charge in [0.15, 0.2) is 11.5 Å². The minimum absolute atomic E-state index is 0.165. The summed E-state index contributed by atoms with van der Waals surface area (Å²) in [6.07, 6.45) is 1.97. The Morgan fingerprint density at radius 1 is 1.05 bits per heavy atom. The van der Waals surface area contributed by atoms with E-state index in [9.17, 15) is 10.2 Å². The average Bonchev–Trinajstić information content (AvgIpc) is 2.52. The number of rotatable bonds is 7. The van der Waals surface area contributed by atoms with Crippen molar-refractivity contribution in [2.75, 3.05) is 7.11 Å². The number of methoxy groups -OCH3 is 1. The third-order valence-corrected chi connectivity index (χ3v) is 3.70. The fourth-order valence-corrected chi connectivity index (χ4v) is 2.29. The number of nitrogens with one attached hydrogen (secondary N) is 1. The number of ether oxygens (including phenoxy) is 1. The number of benzene rings is 2. The highest BCUT2D eigenvalue weighted by molar-refractivity contribution is 5.41. The van der Waals surface area contributed by atoms with Gasteiger partial charge in [-0.25, -0.2) is 0 Å². The molecule has 4 heteroatoms. The Hall–Kier alpha value is -2.20. The van der Waals surface area contributed by atoms with Crippen molar-refractivity contribution in [1.29, 1.82) is 0 Å². The molecule has 3 N–H and O–H groups in total. The second-order valence-electron chi connectivity index (χ2n) is 5.49. The van der Waals surface area contributed by atoms with Crippen molar-refractivity contribution in [2.45, 2.75) is 32.4 Å². The van der Waals surface area contributed by atoms with Gasteiger partial charge in [0, 0.05) is 12.6 Å². The number of phenolic OH excluding ortho intramolecular Hbond substituents is 2. The van der Waals surface area contributed by atoms with Crippen LogP contribution < -0.4 is 10.1 Å². The first-order valence-corrected chi connectivity index (χ1v) is 7.45. The van der Waals surface area contributed by atoms with E-state index < -0.39 is 0 Å². The zero-order valence-electron chi connectivity index (χ0n) is 13.0. The molecule has 0 aliphatic rings. The molecule has 1 unspecified atom stereocenters. The summed E-state index contributed by atoms with van der Waals surface area (Å²) in [5, 5.41) is 22.5. The number of aromatic hydroxyl groups is 2. The third kappa shape index (κ3) is 4.67. The molecule has 0 saturated heterocycles. The molecule has 1 atom stereocenters. The van der Waals surface area contributed by atoms with Crippen molar-refractivity contribution in [2.24, 2.45) is 0 Å². The Balaban J connectivity index is 1.78. The van der Waals surface area contributed by atoms with Crippen LogP contribution in [-0.2, 0) is 13.0 Å². The Kier molecular flexibility index (Phi) is 5.67. The van der Waals surface area contributed by atoms with Gasteiger partial charge >= 0.3 is 0 Å². The van der Waals surface area contributed by atoms with Crippen molar-refractivity contribution >= 4 is 0 Å². The summed E-state index contributed by atoms with van der Waals surface area (Å²) < 4.78 is 5.03. The molecule has 0 fully saturated rings. The van der Waals surface area contributed by atoms with Crippen LogP contribution in [0.5, 0.6) is 17.2 Å². The Bertz CT molecular complexity index is 596. The zero-order valence-corrected chi connectivity index (χ0v) is 13.0. The van der Waals surface area contributed by atoms with Gasteiger partial charge in [0.25, 0.3) is 0 Å². The molecular formula is C18H23NO3. The first kappa shape index (κ1) is 16.2. The molecule has 4 nitrogen and oxygen atoms in total. The van der Waals surface area contributed by atoms with Crippen molar-refractivity contribution in [3.8, 4) is 17.2 Å². The largest absolute Gasteiger partial charge is 0.508 e. The van der Waals surface area contributed by atoms with Gasteiger partial charge in [-0.05, 0) is 55.2 Å². The lowest BCUT2D eigenvalue weighted by Crippen LogP contribution is -2.25. The molecule has 0 radical (unpaired) electrons. The summed E-state index contributed by atoms with van der Waals surface area (Å²) in [7, 11) is 1.54. The molecule has 0 saturated carbocycles. The summed E-state index contributed by atoms with van der Waals surface area (Å²) in [5.41, 5.74) is 2.24. The average molecular weight is 301 g/mol. The van der Waals surface area contributed by atoms with E-state index in [1.165, 1.54) is 5.56 Å². The lowest BCUT2D eigenvalue weighted by molar-refractivity contribution is 0.372. The van der Waals surface area contributed by atoms with Crippen LogP contribution in [0.25, 0.3) is 0 Å². The van der Waals surface area contributed by atoms with Crippen LogP contribution in [0.3, 0.4) is 0 Å². The quantitative estimate of drug-likeness (QED) is 0.735. The SMILES string of the molecule is COc1ccc(CNC(C)CCc2ccc(O)cc2)cc1O. The molecule has 2 aromatic rings. The van der Waals surface area contributed by atoms with Crippen molar-refractivity contribution < 1.29 is 14.9 Å². The molecular weight excluding hydrogens is 278 g/mol. The molecule has 0 bridgehead atoms. The van der Waals surface area contributed by atoms with Gasteiger partial charge in [-0.15, -0.1) is 0 Å². The predicted molar refractivity (Wildman–Crippen MR) is 87.4 cm³/mol. The van der Waals surface area contributed by atoms with Crippen molar-refractivity contribution in [3.63, 3.8) is 0 Å². The highest BCUT2D eigenvalue weighted by atomic mass is 16.5. The fourth-order valence-electron chi connectivity index (χ4n) is 2.29. The number of phenols is 2. The van der Waals surface area contributed by atoms with Crippen molar-refractivity contribution in [3.05, 3.63) is 53.6 Å². The first-order valence-electron chi connectivity index (χ1n) is 7.45. The topological polar surface area (TPSA) is 61.7 Å². The van der Waals surface area contributed by atoms with E-state index in [2.05, 4.69) is 12.2 Å². The fraction of sp³-hybridized carbons (Fsp3) is 0.333. The summed E-state index contributed by atoms with van der Waals surface area (Å²) in [4.78, 5) is 0. The molecule has 2 rings (SSSR count). The van der Waals surface area contributed by atoms with E-state index in [-0.39, 0.29) is 5.75 Å². The molecule has 0 aromatic heterocycles. The van der Waals surface area contributed by atoms with E-state index in [0.29, 0.717) is 24.1 Å². The normalized spacial score (nSPS) is 12.1. The maximum Gasteiger partial charge on any atom is 0.160 e. The monoisotopic (exact) mass is 301 g/mol. The third-order valence-electron chi connectivity index (χ3n) is 3.70. The van der Waals surface area contributed by atoms with Gasteiger partial charge in [0.05, 0.1) is 7.11 Å². The van der Waals surface area contributed by atoms with Gasteiger partial charge in [-0.1, -0.05) is 18.2 Å². The second kappa shape index (κ2) is 7.71. The van der Waals surface area contributed by atoms with Crippen LogP contribution in [0, 0.1) is 0 Å². The Morgan fingerprint density at radius 3 is 2.36 bits per heavy atom. The van der Waals surface area contributed by atoms with Gasteiger partial charge in [-0.2, -0.15) is 0 Å². The summed E-state index contributed by atoms with van der Waals surface area (Å²) >= 11 is 0. The van der Waals surface area contributed by atoms with Gasteiger partial charge in [0.2, 0.25) is 0 Å². The standard InChI is InChI=1S/C18H23NO3/c1-13(3-4-14-5-8-16(20)9-6-14)19-12-15-7-10-18(22-2)17(21)11-15/h5-11,13,19-21H,3-4,12H2,1-2H3. The van der Waals surface area contributed by atoms with E-state index in [4.69, 9.17) is 4.74 Å². The summed E-state index contributed by atoms with van der Waals surface area (Å²) in [6.45, 7) is 2.85. The van der Waals surface area contributed by atoms with Crippen LogP contribution >= 0.6 is 0 Å². The molecule has 0 aliphatic carbocycles. The smallest absolute Gasteiger partial charge is 0.160 e. The first-order chi connectivity index (χ1) is 10.6. The Labute approximate surface area is 131 Å².